The van der Waals surface area contributed by atoms with E-state index in [1.807, 2.05) is 27.7 Å². The Hall–Kier alpha value is -1.03. The maximum Gasteiger partial charge on any atom is 1.00 e. The van der Waals surface area contributed by atoms with E-state index >= 15 is 0 Å². The Morgan fingerprint density at radius 1 is 1.43 bits per heavy atom. The molecule has 0 radical (unpaired) electrons. The van der Waals surface area contributed by atoms with E-state index < -0.39 is 11.6 Å². The number of aromatic carboxylic acids is 1. The summed E-state index contributed by atoms with van der Waals surface area (Å²) in [6, 6.07) is -0.237. The first kappa shape index (κ1) is 18.0. The largest absolute Gasteiger partial charge is 1.00 e. The number of carboxylic acid groups (broad SMARTS) is 1. The molecule has 2 rings (SSSR count). The monoisotopic (exact) mass is 304 g/mol. The molecule has 0 saturated heterocycles. The van der Waals surface area contributed by atoms with Crippen molar-refractivity contribution in [3.63, 3.8) is 0 Å². The number of rotatable bonds is 1. The summed E-state index contributed by atoms with van der Waals surface area (Å²) in [6.45, 7) is 7.75. The van der Waals surface area contributed by atoms with E-state index in [0.717, 1.165) is 21.9 Å². The number of amides is 1. The molecule has 21 heavy (non-hydrogen) atoms. The third-order valence-corrected chi connectivity index (χ3v) is 4.21. The molecule has 8 heteroatoms. The van der Waals surface area contributed by atoms with Gasteiger partial charge in [0.2, 0.25) is 0 Å². The standard InChI is InChI=1S/C13H18N2O4S.Li/c1-7-9-8(14-10(20-9)11(16)17)5-6-15(7)12(18)19-13(2,3)4;/h7H,5-6H2,1-4H3,(H,16,17);/q;+1/p-1. The molecule has 2 heterocycles. The maximum absolute atomic E-state index is 12.1. The van der Waals surface area contributed by atoms with Crippen molar-refractivity contribution >= 4 is 23.4 Å². The van der Waals surface area contributed by atoms with Crippen LogP contribution < -0.4 is 24.0 Å². The Morgan fingerprint density at radius 2 is 2.05 bits per heavy atom. The Morgan fingerprint density at radius 3 is 2.57 bits per heavy atom. The van der Waals surface area contributed by atoms with Crippen molar-refractivity contribution in [2.45, 2.75) is 45.8 Å². The first-order valence-corrected chi connectivity index (χ1v) is 7.21. The van der Waals surface area contributed by atoms with Gasteiger partial charge in [0, 0.05) is 13.0 Å². The van der Waals surface area contributed by atoms with Crippen LogP contribution in [-0.2, 0) is 11.2 Å². The number of carbonyl (C=O) groups excluding carboxylic acids is 2. The summed E-state index contributed by atoms with van der Waals surface area (Å²) in [7, 11) is 0. The first-order valence-electron chi connectivity index (χ1n) is 6.39. The Bertz CT molecular complexity index is 553. The van der Waals surface area contributed by atoms with Crippen molar-refractivity contribution < 1.29 is 38.3 Å². The van der Waals surface area contributed by atoms with Gasteiger partial charge in [-0.25, -0.2) is 9.78 Å². The van der Waals surface area contributed by atoms with Crippen LogP contribution >= 0.6 is 11.3 Å². The molecular weight excluding hydrogens is 287 g/mol. The molecular formula is C13H17LiN2O4S. The molecule has 110 valence electrons. The summed E-state index contributed by atoms with van der Waals surface area (Å²) in [5.41, 5.74) is 0.183. The second-order valence-electron chi connectivity index (χ2n) is 5.72. The molecule has 1 amide bonds. The van der Waals surface area contributed by atoms with Crippen molar-refractivity contribution in [1.82, 2.24) is 9.88 Å². The van der Waals surface area contributed by atoms with Crippen LogP contribution in [0.25, 0.3) is 0 Å². The summed E-state index contributed by atoms with van der Waals surface area (Å²) in [5.74, 6) is -1.28. The predicted molar refractivity (Wildman–Crippen MR) is 71.5 cm³/mol. The molecule has 1 aromatic rings. The molecule has 1 aliphatic rings. The second kappa shape index (κ2) is 6.39. The molecule has 0 bridgehead atoms. The van der Waals surface area contributed by atoms with Crippen LogP contribution in [0.5, 0.6) is 0 Å². The summed E-state index contributed by atoms with van der Waals surface area (Å²) >= 11 is 1.07. The number of carbonyl (C=O) groups is 2. The van der Waals surface area contributed by atoms with E-state index in [1.54, 1.807) is 4.90 Å². The zero-order valence-electron chi connectivity index (χ0n) is 12.9. The minimum atomic E-state index is -1.28. The number of ether oxygens (including phenoxy) is 1. The topological polar surface area (TPSA) is 82.6 Å². The fraction of sp³-hybridized carbons (Fsp3) is 0.615. The summed E-state index contributed by atoms with van der Waals surface area (Å²) in [5, 5.41) is 10.8. The fourth-order valence-electron chi connectivity index (χ4n) is 2.09. The van der Waals surface area contributed by atoms with Crippen LogP contribution in [-0.4, -0.2) is 34.1 Å². The van der Waals surface area contributed by atoms with E-state index in [4.69, 9.17) is 4.74 Å². The SMILES string of the molecule is CC1c2sc(C(=O)[O-])nc2CCN1C(=O)OC(C)(C)C.[Li+]. The van der Waals surface area contributed by atoms with E-state index in [9.17, 15) is 14.7 Å². The molecule has 1 unspecified atom stereocenters. The van der Waals surface area contributed by atoms with Gasteiger partial charge in [-0.3, -0.25) is 0 Å². The quantitative estimate of drug-likeness (QED) is 0.582. The second-order valence-corrected chi connectivity index (χ2v) is 6.75. The van der Waals surface area contributed by atoms with Crippen LogP contribution in [0.1, 0.15) is 54.1 Å². The third kappa shape index (κ3) is 4.00. The average molecular weight is 304 g/mol. The zero-order valence-corrected chi connectivity index (χ0v) is 13.7. The summed E-state index contributed by atoms with van der Waals surface area (Å²) < 4.78 is 5.36. The number of thiazole rings is 1. The molecule has 0 aliphatic carbocycles. The molecule has 0 spiro atoms. The van der Waals surface area contributed by atoms with Gasteiger partial charge < -0.3 is 19.5 Å². The minimum absolute atomic E-state index is 0. The molecule has 0 N–H and O–H groups in total. The van der Waals surface area contributed by atoms with Crippen molar-refractivity contribution in [1.29, 1.82) is 0 Å². The fourth-order valence-corrected chi connectivity index (χ4v) is 3.10. The van der Waals surface area contributed by atoms with Gasteiger partial charge in [0.25, 0.3) is 0 Å². The third-order valence-electron chi connectivity index (χ3n) is 2.97. The van der Waals surface area contributed by atoms with Crippen LogP contribution in [0, 0.1) is 0 Å². The van der Waals surface area contributed by atoms with Gasteiger partial charge in [-0.15, -0.1) is 11.3 Å². The van der Waals surface area contributed by atoms with Gasteiger partial charge in [-0.05, 0) is 27.7 Å². The van der Waals surface area contributed by atoms with Crippen LogP contribution in [0.15, 0.2) is 0 Å². The molecule has 0 aromatic carbocycles. The molecule has 1 atom stereocenters. The van der Waals surface area contributed by atoms with Gasteiger partial charge in [0.15, 0.2) is 0 Å². The van der Waals surface area contributed by atoms with Gasteiger partial charge in [-0.2, -0.15) is 0 Å². The van der Waals surface area contributed by atoms with Crippen molar-refractivity contribution in [2.24, 2.45) is 0 Å². The van der Waals surface area contributed by atoms with E-state index in [2.05, 4.69) is 4.98 Å². The smallest absolute Gasteiger partial charge is 0.542 e. The van der Waals surface area contributed by atoms with Gasteiger partial charge in [0.05, 0.1) is 16.6 Å². The molecule has 0 saturated carbocycles. The number of aromatic nitrogens is 1. The number of carboxylic acids is 1. The molecule has 1 aromatic heterocycles. The Kier molecular flexibility index (Phi) is 5.48. The number of fused-ring (bicyclic) bond motifs is 1. The van der Waals surface area contributed by atoms with E-state index in [1.165, 1.54) is 0 Å². The van der Waals surface area contributed by atoms with E-state index in [-0.39, 0.29) is 36.0 Å². The average Bonchev–Trinajstić information content (AvgIpc) is 2.71. The Labute approximate surface area is 139 Å². The first-order chi connectivity index (χ1) is 9.19. The van der Waals surface area contributed by atoms with Gasteiger partial charge in [-0.1, -0.05) is 0 Å². The van der Waals surface area contributed by atoms with Crippen LogP contribution in [0.2, 0.25) is 0 Å². The van der Waals surface area contributed by atoms with Crippen molar-refractivity contribution in [3.8, 4) is 0 Å². The molecule has 1 aliphatic heterocycles. The normalized spacial score (nSPS) is 17.7. The minimum Gasteiger partial charge on any atom is -0.542 e. The van der Waals surface area contributed by atoms with Crippen LogP contribution in [0.4, 0.5) is 4.79 Å². The number of hydrogen-bond acceptors (Lipinski definition) is 6. The zero-order chi connectivity index (χ0) is 15.1. The molecule has 6 nitrogen and oxygen atoms in total. The van der Waals surface area contributed by atoms with E-state index in [0.29, 0.717) is 13.0 Å². The predicted octanol–water partition coefficient (Wildman–Crippen LogP) is -1.64. The maximum atomic E-state index is 12.1. The Balaban J connectivity index is 0.00000220. The van der Waals surface area contributed by atoms with Gasteiger partial charge >= 0.3 is 25.0 Å². The summed E-state index contributed by atoms with van der Waals surface area (Å²) in [6.07, 6.45) is 0.141. The van der Waals surface area contributed by atoms with Gasteiger partial charge in [0.1, 0.15) is 16.6 Å². The van der Waals surface area contributed by atoms with Crippen LogP contribution in [0.3, 0.4) is 0 Å². The summed E-state index contributed by atoms with van der Waals surface area (Å²) in [4.78, 5) is 29.4. The van der Waals surface area contributed by atoms with Crippen molar-refractivity contribution in [3.05, 3.63) is 15.6 Å². The number of hydrogen-bond donors (Lipinski definition) is 0. The molecule has 0 fully saturated rings. The van der Waals surface area contributed by atoms with Crippen molar-refractivity contribution in [2.75, 3.05) is 6.54 Å². The number of nitrogens with zero attached hydrogens (tertiary/aromatic N) is 2.